The summed E-state index contributed by atoms with van der Waals surface area (Å²) >= 11 is 12.1. The standard InChI is InChI=1S/C20H20Cl2N2O3/c1-13-11-23(19(25)10-20(26)27)12-18(14-2-4-15(21)5-3-14)24(13)17-8-6-16(22)7-9-17/h2-9,13,18H,10-12H2,1H3,(H,26,27). The van der Waals surface area contributed by atoms with E-state index in [0.29, 0.717) is 23.1 Å². The van der Waals surface area contributed by atoms with Gasteiger partial charge in [-0.1, -0.05) is 35.3 Å². The average Bonchev–Trinajstić information content (AvgIpc) is 2.62. The zero-order chi connectivity index (χ0) is 19.6. The SMILES string of the molecule is CC1CN(C(=O)CC(=O)O)CC(c2ccc(Cl)cc2)N1c1ccc(Cl)cc1. The third-order valence-corrected chi connectivity index (χ3v) is 5.23. The number of carboxylic acids is 1. The van der Waals surface area contributed by atoms with Crippen molar-refractivity contribution >= 4 is 40.8 Å². The van der Waals surface area contributed by atoms with Crippen LogP contribution in [0.15, 0.2) is 48.5 Å². The molecule has 1 saturated heterocycles. The highest BCUT2D eigenvalue weighted by molar-refractivity contribution is 6.30. The van der Waals surface area contributed by atoms with Crippen molar-refractivity contribution in [1.82, 2.24) is 4.90 Å². The number of hydrogen-bond acceptors (Lipinski definition) is 3. The summed E-state index contributed by atoms with van der Waals surface area (Å²) in [7, 11) is 0. The summed E-state index contributed by atoms with van der Waals surface area (Å²) in [6.45, 7) is 2.89. The van der Waals surface area contributed by atoms with Crippen LogP contribution in [0.5, 0.6) is 0 Å². The van der Waals surface area contributed by atoms with E-state index in [9.17, 15) is 9.59 Å². The quantitative estimate of drug-likeness (QED) is 0.770. The molecule has 1 fully saturated rings. The molecule has 1 aliphatic rings. The van der Waals surface area contributed by atoms with Gasteiger partial charge >= 0.3 is 5.97 Å². The number of amides is 1. The molecule has 2 unspecified atom stereocenters. The van der Waals surface area contributed by atoms with Crippen LogP contribution in [0.1, 0.15) is 24.9 Å². The number of hydrogen-bond donors (Lipinski definition) is 1. The molecule has 0 aliphatic carbocycles. The summed E-state index contributed by atoms with van der Waals surface area (Å²) in [6, 6.07) is 15.0. The van der Waals surface area contributed by atoms with Gasteiger partial charge in [-0.25, -0.2) is 0 Å². The van der Waals surface area contributed by atoms with Gasteiger partial charge in [0.1, 0.15) is 6.42 Å². The molecule has 0 spiro atoms. The highest BCUT2D eigenvalue weighted by atomic mass is 35.5. The molecule has 2 atom stereocenters. The predicted molar refractivity (Wildman–Crippen MR) is 106 cm³/mol. The van der Waals surface area contributed by atoms with E-state index in [1.54, 1.807) is 4.90 Å². The molecule has 0 saturated carbocycles. The Morgan fingerprint density at radius 2 is 1.56 bits per heavy atom. The molecule has 5 nitrogen and oxygen atoms in total. The number of benzene rings is 2. The van der Waals surface area contributed by atoms with Crippen LogP contribution >= 0.6 is 23.2 Å². The molecule has 1 N–H and O–H groups in total. The van der Waals surface area contributed by atoms with E-state index in [1.165, 1.54) is 0 Å². The largest absolute Gasteiger partial charge is 0.481 e. The van der Waals surface area contributed by atoms with E-state index in [4.69, 9.17) is 28.3 Å². The van der Waals surface area contributed by atoms with Crippen LogP contribution in [-0.4, -0.2) is 41.0 Å². The molecule has 0 bridgehead atoms. The Morgan fingerprint density at radius 1 is 1.00 bits per heavy atom. The number of rotatable bonds is 4. The van der Waals surface area contributed by atoms with Gasteiger partial charge in [-0.2, -0.15) is 0 Å². The molecule has 142 valence electrons. The number of carbonyl (C=O) groups is 2. The maximum absolute atomic E-state index is 12.4. The molecule has 1 aliphatic heterocycles. The van der Waals surface area contributed by atoms with Gasteiger partial charge in [0.2, 0.25) is 5.91 Å². The van der Waals surface area contributed by atoms with Crippen LogP contribution in [-0.2, 0) is 9.59 Å². The van der Waals surface area contributed by atoms with Crippen molar-refractivity contribution in [3.63, 3.8) is 0 Å². The van der Waals surface area contributed by atoms with E-state index < -0.39 is 12.4 Å². The Morgan fingerprint density at radius 3 is 2.11 bits per heavy atom. The van der Waals surface area contributed by atoms with E-state index in [1.807, 2.05) is 55.5 Å². The second-order valence-electron chi connectivity index (χ2n) is 6.67. The fraction of sp³-hybridized carbons (Fsp3) is 0.300. The highest BCUT2D eigenvalue weighted by Gasteiger charge is 2.35. The van der Waals surface area contributed by atoms with E-state index in [-0.39, 0.29) is 18.0 Å². The lowest BCUT2D eigenvalue weighted by molar-refractivity contribution is -0.144. The number of carbonyl (C=O) groups excluding carboxylic acids is 1. The Balaban J connectivity index is 1.96. The third kappa shape index (κ3) is 4.54. The fourth-order valence-electron chi connectivity index (χ4n) is 3.53. The topological polar surface area (TPSA) is 60.9 Å². The van der Waals surface area contributed by atoms with Gasteiger partial charge in [-0.05, 0) is 48.9 Å². The summed E-state index contributed by atoms with van der Waals surface area (Å²) in [5.41, 5.74) is 2.01. The number of anilines is 1. The first-order valence-electron chi connectivity index (χ1n) is 8.64. The Hall–Kier alpha value is -2.24. The van der Waals surface area contributed by atoms with Gasteiger partial charge in [0.05, 0.1) is 6.04 Å². The molecular formula is C20H20Cl2N2O3. The van der Waals surface area contributed by atoms with Gasteiger partial charge in [-0.3, -0.25) is 9.59 Å². The molecule has 3 rings (SSSR count). The molecule has 1 amide bonds. The van der Waals surface area contributed by atoms with Crippen LogP contribution in [0.4, 0.5) is 5.69 Å². The van der Waals surface area contributed by atoms with Gasteiger partial charge in [-0.15, -0.1) is 0 Å². The molecule has 2 aromatic carbocycles. The van der Waals surface area contributed by atoms with Crippen molar-refractivity contribution in [2.24, 2.45) is 0 Å². The molecule has 2 aromatic rings. The number of aliphatic carboxylic acids is 1. The lowest BCUT2D eigenvalue weighted by Crippen LogP contribution is -2.55. The summed E-state index contributed by atoms with van der Waals surface area (Å²) in [5, 5.41) is 10.3. The summed E-state index contributed by atoms with van der Waals surface area (Å²) < 4.78 is 0. The summed E-state index contributed by atoms with van der Waals surface area (Å²) in [5.74, 6) is -1.49. The molecular weight excluding hydrogens is 387 g/mol. The van der Waals surface area contributed by atoms with Crippen LogP contribution in [0.2, 0.25) is 10.0 Å². The van der Waals surface area contributed by atoms with Crippen molar-refractivity contribution in [3.8, 4) is 0 Å². The lowest BCUT2D eigenvalue weighted by atomic mass is 9.97. The van der Waals surface area contributed by atoms with Gasteiger partial charge < -0.3 is 14.9 Å². The number of halogens is 2. The van der Waals surface area contributed by atoms with Crippen LogP contribution in [0.3, 0.4) is 0 Å². The molecule has 27 heavy (non-hydrogen) atoms. The average molecular weight is 407 g/mol. The Bertz CT molecular complexity index is 824. The van der Waals surface area contributed by atoms with Gasteiger partial charge in [0.15, 0.2) is 0 Å². The molecule has 0 radical (unpaired) electrons. The minimum absolute atomic E-state index is 0.00153. The fourth-order valence-corrected chi connectivity index (χ4v) is 3.78. The molecule has 1 heterocycles. The first-order chi connectivity index (χ1) is 12.8. The second-order valence-corrected chi connectivity index (χ2v) is 7.54. The smallest absolute Gasteiger partial charge is 0.312 e. The van der Waals surface area contributed by atoms with Crippen molar-refractivity contribution in [3.05, 3.63) is 64.1 Å². The van der Waals surface area contributed by atoms with E-state index >= 15 is 0 Å². The summed E-state index contributed by atoms with van der Waals surface area (Å²) in [6.07, 6.45) is -0.499. The maximum Gasteiger partial charge on any atom is 0.312 e. The molecule has 0 aromatic heterocycles. The summed E-state index contributed by atoms with van der Waals surface area (Å²) in [4.78, 5) is 27.2. The van der Waals surface area contributed by atoms with Crippen molar-refractivity contribution in [2.45, 2.75) is 25.4 Å². The van der Waals surface area contributed by atoms with E-state index in [0.717, 1.165) is 11.3 Å². The minimum atomic E-state index is -1.11. The maximum atomic E-state index is 12.4. The van der Waals surface area contributed by atoms with Crippen molar-refractivity contribution in [2.75, 3.05) is 18.0 Å². The number of piperazine rings is 1. The van der Waals surface area contributed by atoms with Crippen molar-refractivity contribution in [1.29, 1.82) is 0 Å². The van der Waals surface area contributed by atoms with E-state index in [2.05, 4.69) is 4.90 Å². The number of carboxylic acid groups (broad SMARTS) is 1. The highest BCUT2D eigenvalue weighted by Crippen LogP contribution is 2.35. The van der Waals surface area contributed by atoms with Crippen LogP contribution in [0, 0.1) is 0 Å². The van der Waals surface area contributed by atoms with Gasteiger partial charge in [0.25, 0.3) is 0 Å². The second kappa shape index (κ2) is 8.19. The zero-order valence-corrected chi connectivity index (χ0v) is 16.3. The Kier molecular flexibility index (Phi) is 5.92. The Labute approximate surface area is 168 Å². The first-order valence-corrected chi connectivity index (χ1v) is 9.39. The van der Waals surface area contributed by atoms with Crippen molar-refractivity contribution < 1.29 is 14.7 Å². The molecule has 7 heteroatoms. The predicted octanol–water partition coefficient (Wildman–Crippen LogP) is 4.25. The zero-order valence-electron chi connectivity index (χ0n) is 14.8. The first kappa shape index (κ1) is 19.5. The van der Waals surface area contributed by atoms with Gasteiger partial charge in [0, 0.05) is 34.9 Å². The van der Waals surface area contributed by atoms with Crippen LogP contribution < -0.4 is 4.90 Å². The monoisotopic (exact) mass is 406 g/mol. The normalized spacial score (nSPS) is 19.8. The number of nitrogens with zero attached hydrogens (tertiary/aromatic N) is 2. The minimum Gasteiger partial charge on any atom is -0.481 e. The lowest BCUT2D eigenvalue weighted by Gasteiger charge is -2.47. The van der Waals surface area contributed by atoms with Crippen LogP contribution in [0.25, 0.3) is 0 Å². The third-order valence-electron chi connectivity index (χ3n) is 4.72.